The molecule has 37 heavy (non-hydrogen) atoms. The Morgan fingerprint density at radius 3 is 2.22 bits per heavy atom. The first kappa shape index (κ1) is 20.4. The van der Waals surface area contributed by atoms with Crippen molar-refractivity contribution in [1.29, 1.82) is 0 Å². The number of furan rings is 1. The van der Waals surface area contributed by atoms with Gasteiger partial charge in [0.25, 0.3) is 0 Å². The lowest BCUT2D eigenvalue weighted by molar-refractivity contribution is 0.656. The maximum Gasteiger partial charge on any atom is 0.200 e. The van der Waals surface area contributed by atoms with Crippen molar-refractivity contribution in [2.24, 2.45) is 0 Å². The van der Waals surface area contributed by atoms with E-state index in [-0.39, 0.29) is 5.43 Å². The average molecular weight is 480 g/mol. The second-order valence-electron chi connectivity index (χ2n) is 9.81. The normalized spacial score (nSPS) is 12.2. The van der Waals surface area contributed by atoms with Crippen LogP contribution in [0.5, 0.6) is 0 Å². The van der Waals surface area contributed by atoms with Crippen molar-refractivity contribution in [3.8, 4) is 5.69 Å². The van der Waals surface area contributed by atoms with Gasteiger partial charge in [0.15, 0.2) is 0 Å². The standard InChI is InChI=1S/C33H21NO3/c1-18-11-13-24-32(35)23-14-12-20(15-30(23)37-33(24)19(18)2)34-27-9-5-3-7-21(27)25-16-26-22-8-4-6-10-29(22)36-31(26)17-28(25)34/h3-17H,1-2H3. The minimum absolute atomic E-state index is 0.00268. The first-order chi connectivity index (χ1) is 18.1. The maximum absolute atomic E-state index is 13.3. The summed E-state index contributed by atoms with van der Waals surface area (Å²) in [4.78, 5) is 13.3. The second kappa shape index (κ2) is 7.11. The van der Waals surface area contributed by atoms with Gasteiger partial charge in [-0.1, -0.05) is 42.5 Å². The van der Waals surface area contributed by atoms with Crippen molar-refractivity contribution in [2.45, 2.75) is 13.8 Å². The Morgan fingerprint density at radius 2 is 1.32 bits per heavy atom. The molecule has 0 radical (unpaired) electrons. The van der Waals surface area contributed by atoms with E-state index in [2.05, 4.69) is 47.0 Å². The second-order valence-corrected chi connectivity index (χ2v) is 9.81. The molecule has 8 aromatic rings. The van der Waals surface area contributed by atoms with E-state index in [4.69, 9.17) is 8.83 Å². The van der Waals surface area contributed by atoms with Gasteiger partial charge in [-0.25, -0.2) is 0 Å². The van der Waals surface area contributed by atoms with E-state index in [9.17, 15) is 4.79 Å². The molecule has 5 aromatic carbocycles. The van der Waals surface area contributed by atoms with Crippen molar-refractivity contribution in [2.75, 3.05) is 0 Å². The van der Waals surface area contributed by atoms with Crippen LogP contribution in [0.4, 0.5) is 0 Å². The van der Waals surface area contributed by atoms with Crippen molar-refractivity contribution >= 4 is 65.7 Å². The minimum Gasteiger partial charge on any atom is -0.456 e. The summed E-state index contributed by atoms with van der Waals surface area (Å²) in [5, 5.41) is 5.74. The number of para-hydroxylation sites is 2. The maximum atomic E-state index is 13.3. The summed E-state index contributed by atoms with van der Waals surface area (Å²) in [5.74, 6) is 0. The molecule has 0 atom stereocenters. The zero-order chi connectivity index (χ0) is 24.8. The number of aryl methyl sites for hydroxylation is 2. The molecule has 176 valence electrons. The molecular formula is C33H21NO3. The molecule has 3 heterocycles. The molecule has 0 bridgehead atoms. The van der Waals surface area contributed by atoms with E-state index in [0.29, 0.717) is 21.9 Å². The summed E-state index contributed by atoms with van der Waals surface area (Å²) < 4.78 is 14.8. The summed E-state index contributed by atoms with van der Waals surface area (Å²) >= 11 is 0. The lowest BCUT2D eigenvalue weighted by Gasteiger charge is -2.10. The van der Waals surface area contributed by atoms with Crippen LogP contribution in [0.15, 0.2) is 105 Å². The first-order valence-corrected chi connectivity index (χ1v) is 12.4. The predicted octanol–water partition coefficient (Wildman–Crippen LogP) is 8.56. The van der Waals surface area contributed by atoms with Gasteiger partial charge in [-0.05, 0) is 61.4 Å². The molecule has 0 saturated heterocycles. The number of hydrogen-bond donors (Lipinski definition) is 0. The highest BCUT2D eigenvalue weighted by Gasteiger charge is 2.17. The number of fused-ring (bicyclic) bond motifs is 8. The van der Waals surface area contributed by atoms with Crippen molar-refractivity contribution in [1.82, 2.24) is 4.57 Å². The van der Waals surface area contributed by atoms with Gasteiger partial charge in [-0.2, -0.15) is 0 Å². The highest BCUT2D eigenvalue weighted by atomic mass is 16.3. The Bertz CT molecular complexity index is 2300. The Hall–Kier alpha value is -4.83. The van der Waals surface area contributed by atoms with Gasteiger partial charge in [0.2, 0.25) is 5.43 Å². The van der Waals surface area contributed by atoms with Gasteiger partial charge in [0.05, 0.1) is 21.8 Å². The summed E-state index contributed by atoms with van der Waals surface area (Å²) in [5.41, 5.74) is 8.12. The monoisotopic (exact) mass is 479 g/mol. The van der Waals surface area contributed by atoms with E-state index < -0.39 is 0 Å². The van der Waals surface area contributed by atoms with Crippen LogP contribution in [0.25, 0.3) is 71.4 Å². The molecule has 0 aliphatic heterocycles. The third kappa shape index (κ3) is 2.70. The fourth-order valence-corrected chi connectivity index (χ4v) is 5.74. The lowest BCUT2D eigenvalue weighted by atomic mass is 10.0. The molecule has 4 heteroatoms. The van der Waals surface area contributed by atoms with Crippen LogP contribution < -0.4 is 5.43 Å². The zero-order valence-electron chi connectivity index (χ0n) is 20.3. The first-order valence-electron chi connectivity index (χ1n) is 12.4. The Morgan fingerprint density at radius 1 is 0.568 bits per heavy atom. The van der Waals surface area contributed by atoms with Gasteiger partial charge < -0.3 is 13.4 Å². The number of rotatable bonds is 1. The molecule has 0 aliphatic carbocycles. The topological polar surface area (TPSA) is 48.3 Å². The van der Waals surface area contributed by atoms with E-state index in [1.807, 2.05) is 62.4 Å². The molecule has 3 aromatic heterocycles. The Kier molecular flexibility index (Phi) is 3.91. The number of aromatic nitrogens is 1. The lowest BCUT2D eigenvalue weighted by Crippen LogP contribution is -2.04. The van der Waals surface area contributed by atoms with E-state index in [1.54, 1.807) is 0 Å². The fraction of sp³-hybridized carbons (Fsp3) is 0.0606. The third-order valence-electron chi connectivity index (χ3n) is 7.77. The minimum atomic E-state index is -0.00268. The van der Waals surface area contributed by atoms with Gasteiger partial charge in [-0.3, -0.25) is 4.79 Å². The van der Waals surface area contributed by atoms with Crippen molar-refractivity contribution in [3.05, 3.63) is 112 Å². The smallest absolute Gasteiger partial charge is 0.200 e. The molecule has 0 fully saturated rings. The summed E-state index contributed by atoms with van der Waals surface area (Å²) in [6, 6.07) is 30.6. The number of benzene rings is 5. The molecule has 0 aliphatic rings. The molecule has 0 saturated carbocycles. The molecule has 0 spiro atoms. The fourth-order valence-electron chi connectivity index (χ4n) is 5.74. The van der Waals surface area contributed by atoms with Crippen molar-refractivity contribution in [3.63, 3.8) is 0 Å². The van der Waals surface area contributed by atoms with E-state index in [1.165, 1.54) is 0 Å². The molecule has 0 amide bonds. The molecule has 4 nitrogen and oxygen atoms in total. The van der Waals surface area contributed by atoms with Gasteiger partial charge in [0.1, 0.15) is 22.3 Å². The van der Waals surface area contributed by atoms with E-state index >= 15 is 0 Å². The van der Waals surface area contributed by atoms with Crippen LogP contribution in [-0.4, -0.2) is 4.57 Å². The molecule has 0 N–H and O–H groups in total. The number of hydrogen-bond acceptors (Lipinski definition) is 3. The van der Waals surface area contributed by atoms with Gasteiger partial charge in [-0.15, -0.1) is 0 Å². The molecular weight excluding hydrogens is 458 g/mol. The van der Waals surface area contributed by atoms with Crippen LogP contribution in [0.1, 0.15) is 11.1 Å². The van der Waals surface area contributed by atoms with Crippen LogP contribution in [0.3, 0.4) is 0 Å². The highest BCUT2D eigenvalue weighted by molar-refractivity contribution is 6.17. The van der Waals surface area contributed by atoms with Crippen LogP contribution in [0, 0.1) is 13.8 Å². The SMILES string of the molecule is Cc1ccc2c(=O)c3ccc(-n4c5ccccc5c5cc6c(cc54)oc4ccccc46)cc3oc2c1C. The number of nitrogens with zero attached hydrogens (tertiary/aromatic N) is 1. The predicted molar refractivity (Wildman–Crippen MR) is 151 cm³/mol. The van der Waals surface area contributed by atoms with Crippen LogP contribution >= 0.6 is 0 Å². The third-order valence-corrected chi connectivity index (χ3v) is 7.77. The van der Waals surface area contributed by atoms with Crippen molar-refractivity contribution < 1.29 is 8.83 Å². The Labute approximate surface area is 210 Å². The molecule has 8 rings (SSSR count). The van der Waals surface area contributed by atoms with Crippen LogP contribution in [-0.2, 0) is 0 Å². The Balaban J connectivity index is 1.48. The quantitative estimate of drug-likeness (QED) is 0.222. The average Bonchev–Trinajstić information content (AvgIpc) is 3.44. The summed E-state index contributed by atoms with van der Waals surface area (Å²) in [6.07, 6.45) is 0. The largest absolute Gasteiger partial charge is 0.456 e. The summed E-state index contributed by atoms with van der Waals surface area (Å²) in [6.45, 7) is 4.04. The zero-order valence-corrected chi connectivity index (χ0v) is 20.3. The van der Waals surface area contributed by atoms with Gasteiger partial charge >= 0.3 is 0 Å². The van der Waals surface area contributed by atoms with Crippen LogP contribution in [0.2, 0.25) is 0 Å². The van der Waals surface area contributed by atoms with Gasteiger partial charge in [0, 0.05) is 39.4 Å². The summed E-state index contributed by atoms with van der Waals surface area (Å²) in [7, 11) is 0. The van der Waals surface area contributed by atoms with E-state index in [0.717, 1.165) is 60.6 Å². The molecule has 0 unspecified atom stereocenters. The highest BCUT2D eigenvalue weighted by Crippen LogP contribution is 2.38.